The van der Waals surface area contributed by atoms with Crippen LogP contribution in [0.1, 0.15) is 99.3 Å². The van der Waals surface area contributed by atoms with E-state index in [-0.39, 0.29) is 28.8 Å². The van der Waals surface area contributed by atoms with Crippen LogP contribution in [-0.2, 0) is 4.79 Å². The molecule has 11 atom stereocenters. The van der Waals surface area contributed by atoms with Crippen LogP contribution in [0.3, 0.4) is 0 Å². The molecule has 3 N–H and O–H groups in total. The zero-order valence-electron chi connectivity index (χ0n) is 22.4. The Hall–Kier alpha value is -0.870. The van der Waals surface area contributed by atoms with E-state index in [0.717, 1.165) is 57.8 Å². The van der Waals surface area contributed by atoms with Gasteiger partial charge in [-0.25, -0.2) is 0 Å². The van der Waals surface area contributed by atoms with Crippen molar-refractivity contribution in [1.29, 1.82) is 0 Å². The van der Waals surface area contributed by atoms with Crippen LogP contribution in [0, 0.1) is 56.7 Å². The second-order valence-corrected chi connectivity index (χ2v) is 14.3. The van der Waals surface area contributed by atoms with Crippen molar-refractivity contribution in [3.63, 3.8) is 0 Å². The first kappa shape index (κ1) is 24.8. The maximum absolute atomic E-state index is 12.8. The molecular weight excluding hydrogens is 424 g/mol. The van der Waals surface area contributed by atoms with Gasteiger partial charge in [0.2, 0.25) is 0 Å². The summed E-state index contributed by atoms with van der Waals surface area (Å²) in [6.07, 6.45) is 10.6. The molecule has 0 aliphatic heterocycles. The highest BCUT2D eigenvalue weighted by molar-refractivity contribution is 5.76. The summed E-state index contributed by atoms with van der Waals surface area (Å²) in [4.78, 5) is 12.8. The Kier molecular flexibility index (Phi) is 5.52. The molecule has 0 amide bonds. The van der Waals surface area contributed by atoms with Crippen molar-refractivity contribution in [1.82, 2.24) is 0 Å². The van der Waals surface area contributed by atoms with Crippen molar-refractivity contribution in [3.8, 4) is 0 Å². The third-order valence-electron chi connectivity index (χ3n) is 13.5. The third kappa shape index (κ3) is 2.76. The highest BCUT2D eigenvalue weighted by Crippen LogP contribution is 2.75. The molecule has 5 aliphatic rings. The zero-order valence-corrected chi connectivity index (χ0v) is 22.4. The maximum Gasteiger partial charge on any atom is 0.310 e. The SMILES string of the molecule is C[C@H]1[C@H](C)CC[C@]2(C(=O)O)CC[C@]3(C)C(=CC[C@@H]4[C@@]5(C)CC[C@H](O)C(C)(CO)C5CC[C@]43C)[C@H]12. The van der Waals surface area contributed by atoms with Gasteiger partial charge in [0, 0.05) is 5.41 Å². The van der Waals surface area contributed by atoms with Crippen molar-refractivity contribution in [3.05, 3.63) is 11.6 Å². The van der Waals surface area contributed by atoms with E-state index in [0.29, 0.717) is 23.7 Å². The molecule has 0 heterocycles. The molecule has 4 fully saturated rings. The van der Waals surface area contributed by atoms with Crippen LogP contribution in [0.15, 0.2) is 11.6 Å². The summed E-state index contributed by atoms with van der Waals surface area (Å²) < 4.78 is 0. The van der Waals surface area contributed by atoms with Crippen molar-refractivity contribution < 1.29 is 20.1 Å². The van der Waals surface area contributed by atoms with Gasteiger partial charge >= 0.3 is 5.97 Å². The molecule has 0 bridgehead atoms. The van der Waals surface area contributed by atoms with Crippen molar-refractivity contribution in [2.75, 3.05) is 6.61 Å². The molecule has 4 saturated carbocycles. The van der Waals surface area contributed by atoms with Gasteiger partial charge in [0.05, 0.1) is 18.1 Å². The Morgan fingerprint density at radius 3 is 2.32 bits per heavy atom. The van der Waals surface area contributed by atoms with E-state index in [2.05, 4.69) is 47.6 Å². The second kappa shape index (κ2) is 7.57. The lowest BCUT2D eigenvalue weighted by atomic mass is 9.33. The fourth-order valence-electron chi connectivity index (χ4n) is 10.9. The standard InChI is InChI=1S/C30H48O4/c1-18-9-14-30(25(33)34)16-15-28(5)20(24(30)19(18)2)7-8-22-26(3)12-11-23(32)27(4,17-31)21(26)10-13-29(22,28)6/h7,18-19,21-24,31-32H,8-17H2,1-6H3,(H,33,34)/t18-,19+,21?,22-,23+,24+,26+,27?,28-,29-,30+/m1/s1. The van der Waals surface area contributed by atoms with Gasteiger partial charge < -0.3 is 15.3 Å². The first-order chi connectivity index (χ1) is 15.8. The smallest absolute Gasteiger partial charge is 0.310 e. The molecule has 0 radical (unpaired) electrons. The monoisotopic (exact) mass is 472 g/mol. The van der Waals surface area contributed by atoms with Crippen LogP contribution in [0.4, 0.5) is 0 Å². The number of aliphatic hydroxyl groups is 2. The zero-order chi connectivity index (χ0) is 24.9. The minimum Gasteiger partial charge on any atom is -0.481 e. The number of aliphatic hydroxyl groups excluding tert-OH is 2. The molecule has 0 aromatic heterocycles. The van der Waals surface area contributed by atoms with E-state index < -0.39 is 22.9 Å². The highest BCUT2D eigenvalue weighted by atomic mass is 16.4. The summed E-state index contributed by atoms with van der Waals surface area (Å²) in [5, 5.41) is 31.9. The fourth-order valence-corrected chi connectivity index (χ4v) is 10.9. The third-order valence-corrected chi connectivity index (χ3v) is 13.5. The van der Waals surface area contributed by atoms with Gasteiger partial charge in [0.1, 0.15) is 0 Å². The van der Waals surface area contributed by atoms with Crippen LogP contribution in [-0.4, -0.2) is 34.0 Å². The summed E-state index contributed by atoms with van der Waals surface area (Å²) >= 11 is 0. The lowest BCUT2D eigenvalue weighted by molar-refractivity contribution is -0.217. The van der Waals surface area contributed by atoms with Gasteiger partial charge in [-0.3, -0.25) is 4.79 Å². The Balaban J connectivity index is 1.61. The predicted octanol–water partition coefficient (Wildman–Crippen LogP) is 6.06. The molecule has 192 valence electrons. The van der Waals surface area contributed by atoms with Gasteiger partial charge in [-0.15, -0.1) is 0 Å². The predicted molar refractivity (Wildman–Crippen MR) is 134 cm³/mol. The normalized spacial score (nSPS) is 56.9. The quantitative estimate of drug-likeness (QED) is 0.427. The fraction of sp³-hybridized carbons (Fsp3) is 0.900. The van der Waals surface area contributed by atoms with Gasteiger partial charge in [-0.1, -0.05) is 53.2 Å². The van der Waals surface area contributed by atoms with E-state index in [9.17, 15) is 20.1 Å². The topological polar surface area (TPSA) is 77.8 Å². The number of carboxylic acids is 1. The van der Waals surface area contributed by atoms with Crippen LogP contribution in [0.2, 0.25) is 0 Å². The minimum absolute atomic E-state index is 0.0184. The van der Waals surface area contributed by atoms with E-state index in [1.807, 2.05) is 0 Å². The highest BCUT2D eigenvalue weighted by Gasteiger charge is 2.69. The largest absolute Gasteiger partial charge is 0.481 e. The Morgan fingerprint density at radius 1 is 0.971 bits per heavy atom. The lowest BCUT2D eigenvalue weighted by Gasteiger charge is -2.71. The molecule has 4 heteroatoms. The van der Waals surface area contributed by atoms with E-state index in [1.54, 1.807) is 0 Å². The number of carboxylic acid groups (broad SMARTS) is 1. The first-order valence-electron chi connectivity index (χ1n) is 14.0. The summed E-state index contributed by atoms with van der Waals surface area (Å²) in [6.45, 7) is 14.3. The number of hydrogen-bond acceptors (Lipinski definition) is 3. The molecule has 0 saturated heterocycles. The lowest BCUT2D eigenvalue weighted by Crippen LogP contribution is -2.66. The van der Waals surface area contributed by atoms with Crippen molar-refractivity contribution in [2.24, 2.45) is 56.7 Å². The molecule has 0 spiro atoms. The number of fused-ring (bicyclic) bond motifs is 7. The van der Waals surface area contributed by atoms with E-state index in [1.165, 1.54) is 5.57 Å². The molecule has 2 unspecified atom stereocenters. The van der Waals surface area contributed by atoms with E-state index in [4.69, 9.17) is 0 Å². The molecule has 5 aliphatic carbocycles. The minimum atomic E-state index is -0.591. The number of allylic oxidation sites excluding steroid dienone is 2. The number of rotatable bonds is 2. The molecule has 34 heavy (non-hydrogen) atoms. The average molecular weight is 473 g/mol. The number of aliphatic carboxylic acids is 1. The summed E-state index contributed by atoms with van der Waals surface area (Å²) in [6, 6.07) is 0. The van der Waals surface area contributed by atoms with Crippen LogP contribution >= 0.6 is 0 Å². The molecule has 4 nitrogen and oxygen atoms in total. The first-order valence-corrected chi connectivity index (χ1v) is 14.0. The van der Waals surface area contributed by atoms with Gasteiger partial charge in [0.15, 0.2) is 0 Å². The molecule has 0 aromatic carbocycles. The number of carbonyl (C=O) groups is 1. The summed E-state index contributed by atoms with van der Waals surface area (Å²) in [5.74, 6) is 1.35. The van der Waals surface area contributed by atoms with Crippen LogP contribution in [0.5, 0.6) is 0 Å². The van der Waals surface area contributed by atoms with Crippen molar-refractivity contribution >= 4 is 5.97 Å². The van der Waals surface area contributed by atoms with Gasteiger partial charge in [0.25, 0.3) is 0 Å². The molecule has 5 rings (SSSR count). The maximum atomic E-state index is 12.8. The summed E-state index contributed by atoms with van der Waals surface area (Å²) in [7, 11) is 0. The molecular formula is C30H48O4. The Labute approximate surface area is 206 Å². The Morgan fingerprint density at radius 2 is 1.68 bits per heavy atom. The van der Waals surface area contributed by atoms with E-state index >= 15 is 0 Å². The van der Waals surface area contributed by atoms with Crippen molar-refractivity contribution in [2.45, 2.75) is 105 Å². The average Bonchev–Trinajstić information content (AvgIpc) is 2.79. The molecule has 0 aromatic rings. The van der Waals surface area contributed by atoms with Crippen LogP contribution in [0.25, 0.3) is 0 Å². The van der Waals surface area contributed by atoms with Gasteiger partial charge in [-0.05, 0) is 104 Å². The van der Waals surface area contributed by atoms with Gasteiger partial charge in [-0.2, -0.15) is 0 Å². The second-order valence-electron chi connectivity index (χ2n) is 14.3. The Bertz CT molecular complexity index is 896. The van der Waals surface area contributed by atoms with Crippen LogP contribution < -0.4 is 0 Å². The summed E-state index contributed by atoms with van der Waals surface area (Å²) in [5.41, 5.74) is 0.670. The number of hydrogen-bond donors (Lipinski definition) is 3.